The van der Waals surface area contributed by atoms with Gasteiger partial charge >= 0.3 is 0 Å². The smallest absolute Gasteiger partial charge is 0.271 e. The first-order valence-corrected chi connectivity index (χ1v) is 9.12. The summed E-state index contributed by atoms with van der Waals surface area (Å²) < 4.78 is 0. The van der Waals surface area contributed by atoms with Crippen molar-refractivity contribution in [1.82, 2.24) is 5.43 Å². The lowest BCUT2D eigenvalue weighted by atomic mass is 10.1. The van der Waals surface area contributed by atoms with Gasteiger partial charge in [-0.05, 0) is 47.4 Å². The number of carbonyl (C=O) groups excluding carboxylic acids is 1. The topological polar surface area (TPSA) is 61.7 Å². The van der Waals surface area contributed by atoms with Gasteiger partial charge in [-0.25, -0.2) is 5.43 Å². The first kappa shape index (κ1) is 19.4. The van der Waals surface area contributed by atoms with E-state index in [1.807, 2.05) is 42.5 Å². The number of nitrogens with zero attached hydrogens (tertiary/aromatic N) is 1. The number of carbonyl (C=O) groups is 1. The summed E-state index contributed by atoms with van der Waals surface area (Å²) in [6.45, 7) is 0. The Balaban J connectivity index is 1.59. The second-order valence-electron chi connectivity index (χ2n) is 6.13. The van der Waals surface area contributed by atoms with Crippen molar-refractivity contribution in [3.05, 3.63) is 106 Å². The fourth-order valence-electron chi connectivity index (χ4n) is 2.57. The zero-order valence-corrected chi connectivity index (χ0v) is 15.8. The molecule has 0 aliphatic rings. The van der Waals surface area contributed by atoms with Crippen LogP contribution in [0.4, 0.5) is 0 Å². The predicted molar refractivity (Wildman–Crippen MR) is 114 cm³/mol. The average Bonchev–Trinajstić information content (AvgIpc) is 2.71. The summed E-state index contributed by atoms with van der Waals surface area (Å²) >= 11 is 5.81. The van der Waals surface area contributed by atoms with Crippen LogP contribution in [0, 0.1) is 0 Å². The molecule has 3 aromatic rings. The van der Waals surface area contributed by atoms with Crippen LogP contribution in [0.1, 0.15) is 27.0 Å². The minimum Gasteiger partial charge on any atom is -0.506 e. The molecule has 0 radical (unpaired) electrons. The molecule has 1 amide bonds. The monoisotopic (exact) mass is 390 g/mol. The molecule has 28 heavy (non-hydrogen) atoms. The molecule has 5 heteroatoms. The second kappa shape index (κ2) is 9.53. The number of hydrogen-bond donors (Lipinski definition) is 2. The van der Waals surface area contributed by atoms with E-state index in [9.17, 15) is 9.90 Å². The normalized spacial score (nSPS) is 11.2. The lowest BCUT2D eigenvalue weighted by molar-refractivity contribution is 0.0955. The van der Waals surface area contributed by atoms with Crippen LogP contribution >= 0.6 is 11.6 Å². The van der Waals surface area contributed by atoms with Gasteiger partial charge in [0.05, 0.1) is 11.2 Å². The summed E-state index contributed by atoms with van der Waals surface area (Å²) in [5.41, 5.74) is 5.94. The number of aromatic hydroxyl groups is 1. The first-order valence-electron chi connectivity index (χ1n) is 8.74. The van der Waals surface area contributed by atoms with Gasteiger partial charge < -0.3 is 5.11 Å². The molecule has 0 bridgehead atoms. The summed E-state index contributed by atoms with van der Waals surface area (Å²) in [6.07, 6.45) is 6.61. The van der Waals surface area contributed by atoms with Gasteiger partial charge in [-0.2, -0.15) is 5.10 Å². The van der Waals surface area contributed by atoms with Crippen molar-refractivity contribution in [2.45, 2.75) is 6.42 Å². The third-order valence-electron chi connectivity index (χ3n) is 4.01. The van der Waals surface area contributed by atoms with Gasteiger partial charge in [0.15, 0.2) is 0 Å². The summed E-state index contributed by atoms with van der Waals surface area (Å²) in [4.78, 5) is 12.1. The van der Waals surface area contributed by atoms with E-state index in [2.05, 4.69) is 34.8 Å². The van der Waals surface area contributed by atoms with Crippen molar-refractivity contribution in [3.8, 4) is 5.75 Å². The van der Waals surface area contributed by atoms with Crippen LogP contribution in [0.15, 0.2) is 84.0 Å². The summed E-state index contributed by atoms with van der Waals surface area (Å²) in [5, 5.41) is 13.5. The van der Waals surface area contributed by atoms with E-state index < -0.39 is 5.91 Å². The highest BCUT2D eigenvalue weighted by molar-refractivity contribution is 6.32. The molecule has 0 unspecified atom stereocenters. The van der Waals surface area contributed by atoms with Crippen molar-refractivity contribution < 1.29 is 9.90 Å². The van der Waals surface area contributed by atoms with Gasteiger partial charge in [0.2, 0.25) is 0 Å². The Labute approximate surface area is 168 Å². The summed E-state index contributed by atoms with van der Waals surface area (Å²) in [6, 6.07) is 22.3. The molecule has 140 valence electrons. The Morgan fingerprint density at radius 2 is 1.79 bits per heavy atom. The molecule has 3 aromatic carbocycles. The summed E-state index contributed by atoms with van der Waals surface area (Å²) in [7, 11) is 0. The Morgan fingerprint density at radius 1 is 1.00 bits per heavy atom. The Hall–Kier alpha value is -3.37. The molecule has 0 saturated carbocycles. The molecular formula is C23H19ClN2O2. The molecule has 0 spiro atoms. The van der Waals surface area contributed by atoms with Crippen molar-refractivity contribution >= 4 is 29.8 Å². The van der Waals surface area contributed by atoms with E-state index in [-0.39, 0.29) is 10.8 Å². The molecule has 2 N–H and O–H groups in total. The van der Waals surface area contributed by atoms with Crippen LogP contribution in [-0.2, 0) is 6.42 Å². The number of hydrazone groups is 1. The van der Waals surface area contributed by atoms with Crippen LogP contribution in [0.25, 0.3) is 6.08 Å². The molecule has 0 heterocycles. The number of allylic oxidation sites excluding steroid dienone is 1. The number of phenolic OH excluding ortho intramolecular Hbond substituents is 1. The van der Waals surface area contributed by atoms with Gasteiger partial charge in [0, 0.05) is 5.56 Å². The number of rotatable bonds is 6. The van der Waals surface area contributed by atoms with E-state index in [0.29, 0.717) is 5.56 Å². The molecule has 4 nitrogen and oxygen atoms in total. The van der Waals surface area contributed by atoms with Gasteiger partial charge in [0.25, 0.3) is 5.91 Å². The van der Waals surface area contributed by atoms with Gasteiger partial charge in [-0.15, -0.1) is 0 Å². The van der Waals surface area contributed by atoms with E-state index in [1.54, 1.807) is 6.21 Å². The number of halogens is 1. The van der Waals surface area contributed by atoms with Crippen molar-refractivity contribution in [1.29, 1.82) is 0 Å². The average molecular weight is 391 g/mol. The molecule has 3 rings (SSSR count). The van der Waals surface area contributed by atoms with Crippen LogP contribution in [0.5, 0.6) is 5.75 Å². The quantitative estimate of drug-likeness (QED) is 0.456. The van der Waals surface area contributed by atoms with E-state index in [1.165, 1.54) is 23.8 Å². The van der Waals surface area contributed by atoms with E-state index >= 15 is 0 Å². The lowest BCUT2D eigenvalue weighted by Gasteiger charge is -2.02. The minimum absolute atomic E-state index is 0.0705. The fourth-order valence-corrected chi connectivity index (χ4v) is 2.75. The lowest BCUT2D eigenvalue weighted by Crippen LogP contribution is -2.17. The van der Waals surface area contributed by atoms with Crippen LogP contribution in [-0.4, -0.2) is 17.2 Å². The molecule has 0 aliphatic heterocycles. The molecular weight excluding hydrogens is 372 g/mol. The van der Waals surface area contributed by atoms with Crippen molar-refractivity contribution in [2.24, 2.45) is 5.10 Å². The van der Waals surface area contributed by atoms with Crippen molar-refractivity contribution in [3.63, 3.8) is 0 Å². The Bertz CT molecular complexity index is 1010. The zero-order chi connectivity index (χ0) is 19.8. The third-order valence-corrected chi connectivity index (χ3v) is 4.31. The SMILES string of the molecule is O=C(NN=Cc1cccc(C=CCc2ccccc2)c1)c1ccc(O)c(Cl)c1. The van der Waals surface area contributed by atoms with Crippen LogP contribution in [0.2, 0.25) is 5.02 Å². The summed E-state index contributed by atoms with van der Waals surface area (Å²) in [5.74, 6) is -0.476. The standard InChI is InChI=1S/C23H19ClN2O2/c24-21-15-20(12-13-22(21)27)23(28)26-25-16-19-11-5-10-18(14-19)9-4-8-17-6-2-1-3-7-17/h1-7,9-16,27H,8H2,(H,26,28). The largest absolute Gasteiger partial charge is 0.506 e. The number of phenols is 1. The maximum atomic E-state index is 12.1. The minimum atomic E-state index is -0.405. The number of nitrogens with one attached hydrogen (secondary N) is 1. The van der Waals surface area contributed by atoms with Gasteiger partial charge in [-0.1, -0.05) is 72.3 Å². The van der Waals surface area contributed by atoms with Crippen LogP contribution < -0.4 is 5.43 Å². The maximum absolute atomic E-state index is 12.1. The highest BCUT2D eigenvalue weighted by atomic mass is 35.5. The van der Waals surface area contributed by atoms with E-state index in [4.69, 9.17) is 11.6 Å². The number of amides is 1. The highest BCUT2D eigenvalue weighted by Gasteiger charge is 2.07. The van der Waals surface area contributed by atoms with Crippen molar-refractivity contribution in [2.75, 3.05) is 0 Å². The van der Waals surface area contributed by atoms with E-state index in [0.717, 1.165) is 17.5 Å². The van der Waals surface area contributed by atoms with Crippen LogP contribution in [0.3, 0.4) is 0 Å². The second-order valence-corrected chi connectivity index (χ2v) is 6.53. The molecule has 0 aromatic heterocycles. The Kier molecular flexibility index (Phi) is 6.60. The maximum Gasteiger partial charge on any atom is 0.271 e. The predicted octanol–water partition coefficient (Wildman–Crippen LogP) is 5.07. The fraction of sp³-hybridized carbons (Fsp3) is 0.0435. The highest BCUT2D eigenvalue weighted by Crippen LogP contribution is 2.23. The molecule has 0 aliphatic carbocycles. The Morgan fingerprint density at radius 3 is 2.57 bits per heavy atom. The third kappa shape index (κ3) is 5.56. The van der Waals surface area contributed by atoms with Gasteiger partial charge in [0.1, 0.15) is 5.75 Å². The molecule has 0 atom stereocenters. The zero-order valence-electron chi connectivity index (χ0n) is 15.0. The first-order chi connectivity index (χ1) is 13.6. The number of hydrogen-bond acceptors (Lipinski definition) is 3. The molecule has 0 fully saturated rings. The molecule has 0 saturated heterocycles. The number of benzene rings is 3. The van der Waals surface area contributed by atoms with Gasteiger partial charge in [-0.3, -0.25) is 4.79 Å².